The van der Waals surface area contributed by atoms with Gasteiger partial charge < -0.3 is 5.32 Å². The molecule has 0 unspecified atom stereocenters. The highest BCUT2D eigenvalue weighted by atomic mass is 15.1. The van der Waals surface area contributed by atoms with E-state index in [0.717, 1.165) is 11.5 Å². The third-order valence-corrected chi connectivity index (χ3v) is 3.29. The van der Waals surface area contributed by atoms with Gasteiger partial charge in [-0.2, -0.15) is 0 Å². The first-order chi connectivity index (χ1) is 10.6. The Kier molecular flexibility index (Phi) is 3.91. The number of pyridine rings is 1. The largest absolute Gasteiger partial charge is 0.323 e. The van der Waals surface area contributed by atoms with Crippen LogP contribution >= 0.6 is 0 Å². The molecule has 2 aromatic rings. The molecule has 6 heteroatoms. The summed E-state index contributed by atoms with van der Waals surface area (Å²) < 4.78 is 0. The molecule has 1 saturated carbocycles. The highest BCUT2D eigenvalue weighted by molar-refractivity contribution is 6.11. The molecule has 3 rings (SSSR count). The molecule has 2 aromatic heterocycles. The van der Waals surface area contributed by atoms with E-state index in [2.05, 4.69) is 25.3 Å². The molecule has 1 aliphatic carbocycles. The van der Waals surface area contributed by atoms with Gasteiger partial charge in [-0.25, -0.2) is 15.0 Å². The van der Waals surface area contributed by atoms with E-state index >= 15 is 0 Å². The highest BCUT2D eigenvalue weighted by Gasteiger charge is 2.26. The van der Waals surface area contributed by atoms with Gasteiger partial charge >= 0.3 is 0 Å². The van der Waals surface area contributed by atoms with E-state index in [0.29, 0.717) is 23.3 Å². The Morgan fingerprint density at radius 3 is 2.77 bits per heavy atom. The van der Waals surface area contributed by atoms with Crippen LogP contribution < -0.4 is 5.32 Å². The fraction of sp³-hybridized carbons (Fsp3) is 0.312. The molecule has 0 radical (unpaired) electrons. The van der Waals surface area contributed by atoms with Gasteiger partial charge in [0.05, 0.1) is 0 Å². The summed E-state index contributed by atoms with van der Waals surface area (Å²) in [5.74, 6) is 2.72. The van der Waals surface area contributed by atoms with Crippen molar-refractivity contribution in [3.63, 3.8) is 0 Å². The number of nitrogens with one attached hydrogen (secondary N) is 2. The number of rotatable bonds is 3. The summed E-state index contributed by atoms with van der Waals surface area (Å²) in [7, 11) is 0. The predicted molar refractivity (Wildman–Crippen MR) is 86.5 cm³/mol. The van der Waals surface area contributed by atoms with Gasteiger partial charge in [0.15, 0.2) is 5.84 Å². The van der Waals surface area contributed by atoms with Crippen LogP contribution in [0.15, 0.2) is 35.5 Å². The molecular weight excluding hydrogens is 276 g/mol. The van der Waals surface area contributed by atoms with E-state index in [1.54, 1.807) is 13.1 Å². The Bertz CT molecular complexity index is 719. The molecule has 2 heterocycles. The van der Waals surface area contributed by atoms with Gasteiger partial charge in [0, 0.05) is 23.9 Å². The summed E-state index contributed by atoms with van der Waals surface area (Å²) >= 11 is 0. The van der Waals surface area contributed by atoms with Gasteiger partial charge in [-0.15, -0.1) is 0 Å². The van der Waals surface area contributed by atoms with Gasteiger partial charge in [0.25, 0.3) is 0 Å². The first-order valence-corrected chi connectivity index (χ1v) is 7.29. The minimum atomic E-state index is 0.210. The van der Waals surface area contributed by atoms with E-state index in [4.69, 9.17) is 5.41 Å². The quantitative estimate of drug-likeness (QED) is 0.673. The summed E-state index contributed by atoms with van der Waals surface area (Å²) in [5.41, 5.74) is 1.75. The molecule has 1 aliphatic rings. The Labute approximate surface area is 129 Å². The van der Waals surface area contributed by atoms with Crippen molar-refractivity contribution < 1.29 is 0 Å². The number of aromatic nitrogens is 3. The van der Waals surface area contributed by atoms with Crippen molar-refractivity contribution in [2.24, 2.45) is 4.99 Å². The second-order valence-electron chi connectivity index (χ2n) is 5.39. The van der Waals surface area contributed by atoms with Gasteiger partial charge in [-0.1, -0.05) is 6.07 Å². The normalized spacial score (nSPS) is 14.7. The second kappa shape index (κ2) is 6.01. The molecule has 0 atom stereocenters. The molecule has 2 N–H and O–H groups in total. The molecule has 112 valence electrons. The summed E-state index contributed by atoms with van der Waals surface area (Å²) in [5, 5.41) is 10.8. The van der Waals surface area contributed by atoms with Crippen LogP contribution in [0.3, 0.4) is 0 Å². The summed E-state index contributed by atoms with van der Waals surface area (Å²) in [4.78, 5) is 17.4. The minimum absolute atomic E-state index is 0.210. The number of anilines is 1. The fourth-order valence-electron chi connectivity index (χ4n) is 2.18. The topological polar surface area (TPSA) is 86.9 Å². The standard InChI is InChI=1S/C16H18N6/c1-10(17)19-16(13-5-3-4-8-18-13)22-15-9-14(12-6-7-12)20-11(2)21-15/h3-5,8-9,12H,6-7H2,1-2H3,(H2,17,19,20,21,22). The Morgan fingerprint density at radius 1 is 1.32 bits per heavy atom. The summed E-state index contributed by atoms with van der Waals surface area (Å²) in [6.45, 7) is 3.52. The second-order valence-corrected chi connectivity index (χ2v) is 5.39. The third-order valence-electron chi connectivity index (χ3n) is 3.29. The van der Waals surface area contributed by atoms with E-state index in [9.17, 15) is 0 Å². The average molecular weight is 294 g/mol. The molecule has 22 heavy (non-hydrogen) atoms. The van der Waals surface area contributed by atoms with E-state index in [1.165, 1.54) is 12.8 Å². The number of hydrogen-bond acceptors (Lipinski definition) is 4. The zero-order valence-corrected chi connectivity index (χ0v) is 12.7. The van der Waals surface area contributed by atoms with E-state index < -0.39 is 0 Å². The van der Waals surface area contributed by atoms with Crippen molar-refractivity contribution in [1.29, 1.82) is 5.41 Å². The van der Waals surface area contributed by atoms with Crippen LogP contribution in [0.5, 0.6) is 0 Å². The highest BCUT2D eigenvalue weighted by Crippen LogP contribution is 2.39. The van der Waals surface area contributed by atoms with Crippen molar-refractivity contribution in [3.8, 4) is 0 Å². The lowest BCUT2D eigenvalue weighted by Gasteiger charge is -2.10. The van der Waals surface area contributed by atoms with Crippen molar-refractivity contribution in [1.82, 2.24) is 15.0 Å². The van der Waals surface area contributed by atoms with Crippen LogP contribution in [0.25, 0.3) is 0 Å². The van der Waals surface area contributed by atoms with Crippen molar-refractivity contribution >= 4 is 17.5 Å². The Morgan fingerprint density at radius 2 is 2.14 bits per heavy atom. The van der Waals surface area contributed by atoms with Crippen LogP contribution in [0.4, 0.5) is 5.82 Å². The van der Waals surface area contributed by atoms with E-state index in [-0.39, 0.29) is 5.84 Å². The fourth-order valence-corrected chi connectivity index (χ4v) is 2.18. The maximum absolute atomic E-state index is 7.61. The lowest BCUT2D eigenvalue weighted by Crippen LogP contribution is -2.18. The van der Waals surface area contributed by atoms with Gasteiger partial charge in [0.2, 0.25) is 0 Å². The molecule has 0 bridgehead atoms. The molecule has 0 aromatic carbocycles. The summed E-state index contributed by atoms with van der Waals surface area (Å²) in [6, 6.07) is 7.55. The number of amidine groups is 2. The maximum Gasteiger partial charge on any atom is 0.159 e. The Balaban J connectivity index is 1.92. The zero-order valence-electron chi connectivity index (χ0n) is 12.7. The first kappa shape index (κ1) is 14.3. The molecule has 0 amide bonds. The number of nitrogens with zero attached hydrogens (tertiary/aromatic N) is 4. The lowest BCUT2D eigenvalue weighted by molar-refractivity contribution is 0.945. The van der Waals surface area contributed by atoms with Crippen molar-refractivity contribution in [2.45, 2.75) is 32.6 Å². The molecule has 1 fully saturated rings. The van der Waals surface area contributed by atoms with Crippen LogP contribution in [0.1, 0.15) is 42.9 Å². The predicted octanol–water partition coefficient (Wildman–Crippen LogP) is 2.91. The van der Waals surface area contributed by atoms with Crippen molar-refractivity contribution in [2.75, 3.05) is 5.32 Å². The minimum Gasteiger partial charge on any atom is -0.323 e. The van der Waals surface area contributed by atoms with Crippen LogP contribution in [0.2, 0.25) is 0 Å². The zero-order chi connectivity index (χ0) is 15.5. The monoisotopic (exact) mass is 294 g/mol. The van der Waals surface area contributed by atoms with E-state index in [1.807, 2.05) is 31.2 Å². The first-order valence-electron chi connectivity index (χ1n) is 7.29. The number of hydrogen-bond donors (Lipinski definition) is 2. The molecule has 0 spiro atoms. The van der Waals surface area contributed by atoms with Crippen LogP contribution in [0, 0.1) is 12.3 Å². The average Bonchev–Trinajstić information content (AvgIpc) is 3.31. The summed E-state index contributed by atoms with van der Waals surface area (Å²) in [6.07, 6.45) is 4.08. The number of aliphatic imine (C=N–C) groups is 1. The third kappa shape index (κ3) is 3.52. The van der Waals surface area contributed by atoms with Gasteiger partial charge in [-0.3, -0.25) is 10.4 Å². The van der Waals surface area contributed by atoms with Crippen LogP contribution in [-0.4, -0.2) is 26.6 Å². The molecule has 6 nitrogen and oxygen atoms in total. The van der Waals surface area contributed by atoms with Crippen LogP contribution in [-0.2, 0) is 0 Å². The SMILES string of the molecule is CC(=N)/N=C(\Nc1cc(C2CC2)nc(C)n1)c1ccccn1. The maximum atomic E-state index is 7.61. The Hall–Kier alpha value is -2.63. The molecular formula is C16H18N6. The smallest absolute Gasteiger partial charge is 0.159 e. The van der Waals surface area contributed by atoms with Gasteiger partial charge in [0.1, 0.15) is 23.2 Å². The van der Waals surface area contributed by atoms with Crippen molar-refractivity contribution in [3.05, 3.63) is 47.7 Å². The molecule has 0 saturated heterocycles. The lowest BCUT2D eigenvalue weighted by atomic mass is 10.2. The van der Waals surface area contributed by atoms with Gasteiger partial charge in [-0.05, 0) is 38.8 Å². The molecule has 0 aliphatic heterocycles. The number of aryl methyl sites for hydroxylation is 1.